The fraction of sp³-hybridized carbons (Fsp3) is 0.200. The van der Waals surface area contributed by atoms with E-state index in [4.69, 9.17) is 5.26 Å². The number of rotatable bonds is 1. The van der Waals surface area contributed by atoms with E-state index in [-0.39, 0.29) is 5.69 Å². The third-order valence-electron chi connectivity index (χ3n) is 1.20. The Balaban J connectivity index is 3.30. The zero-order valence-corrected chi connectivity index (χ0v) is 5.68. The molecule has 1 aromatic rings. The van der Waals surface area contributed by atoms with Crippen molar-refractivity contribution in [2.24, 2.45) is 7.05 Å². The maximum Gasteiger partial charge on any atom is 0.400 e. The van der Waals surface area contributed by atoms with Crippen molar-refractivity contribution in [2.45, 2.75) is 0 Å². The van der Waals surface area contributed by atoms with Crippen molar-refractivity contribution in [1.29, 1.82) is 5.26 Å². The average molecular weight is 152 g/mol. The van der Waals surface area contributed by atoms with Gasteiger partial charge in [0.05, 0.1) is 0 Å². The summed E-state index contributed by atoms with van der Waals surface area (Å²) in [5.74, 6) is -0.394. The first kappa shape index (κ1) is 7.21. The van der Waals surface area contributed by atoms with Crippen molar-refractivity contribution in [3.05, 3.63) is 22.1 Å². The molecular weight excluding hydrogens is 148 g/mol. The van der Waals surface area contributed by atoms with Gasteiger partial charge in [0.25, 0.3) is 0 Å². The molecule has 56 valence electrons. The lowest BCUT2D eigenvalue weighted by Crippen LogP contribution is -1.94. The molecule has 0 atom stereocenters. The summed E-state index contributed by atoms with van der Waals surface area (Å²) in [7, 11) is 1.53. The Kier molecular flexibility index (Phi) is 1.56. The highest BCUT2D eigenvalue weighted by atomic mass is 16.6. The predicted octanol–water partition coefficient (Wildman–Crippen LogP) is 0.200. The second-order valence-corrected chi connectivity index (χ2v) is 1.90. The number of hydrogen-bond donors (Lipinski definition) is 0. The zero-order valence-electron chi connectivity index (χ0n) is 5.68. The Morgan fingerprint density at radius 3 is 2.91 bits per heavy atom. The molecule has 0 aliphatic carbocycles. The van der Waals surface area contributed by atoms with Crippen LogP contribution in [0.4, 0.5) is 5.82 Å². The first-order valence-electron chi connectivity index (χ1n) is 2.72. The van der Waals surface area contributed by atoms with Crippen LogP contribution in [0.1, 0.15) is 5.69 Å². The summed E-state index contributed by atoms with van der Waals surface area (Å²) in [6, 6.07) is 1.68. The van der Waals surface area contributed by atoms with Gasteiger partial charge >= 0.3 is 5.82 Å². The fourth-order valence-corrected chi connectivity index (χ4v) is 0.680. The number of imidazole rings is 1. The Bertz CT molecular complexity index is 335. The molecule has 0 unspecified atom stereocenters. The van der Waals surface area contributed by atoms with E-state index in [9.17, 15) is 10.1 Å². The Morgan fingerprint density at radius 1 is 1.91 bits per heavy atom. The van der Waals surface area contributed by atoms with Gasteiger partial charge in [0.2, 0.25) is 12.0 Å². The highest BCUT2D eigenvalue weighted by Crippen LogP contribution is 2.12. The lowest BCUT2D eigenvalue weighted by molar-refractivity contribution is -0.389. The Hall–Kier alpha value is -1.90. The van der Waals surface area contributed by atoms with Crippen LogP contribution in [0.15, 0.2) is 6.33 Å². The van der Waals surface area contributed by atoms with E-state index >= 15 is 0 Å². The van der Waals surface area contributed by atoms with Crippen molar-refractivity contribution in [3.8, 4) is 6.07 Å². The first-order valence-corrected chi connectivity index (χ1v) is 2.72. The molecule has 1 aromatic heterocycles. The molecule has 6 heteroatoms. The molecule has 0 bridgehead atoms. The molecule has 6 nitrogen and oxygen atoms in total. The summed E-state index contributed by atoms with van der Waals surface area (Å²) in [6.45, 7) is 0. The third-order valence-corrected chi connectivity index (χ3v) is 1.20. The van der Waals surface area contributed by atoms with Gasteiger partial charge in [0.15, 0.2) is 0 Å². The molecule has 11 heavy (non-hydrogen) atoms. The van der Waals surface area contributed by atoms with Crippen LogP contribution < -0.4 is 0 Å². The van der Waals surface area contributed by atoms with Gasteiger partial charge in [-0.1, -0.05) is 0 Å². The minimum Gasteiger partial charge on any atom is -0.358 e. The molecule has 0 amide bonds. The minimum absolute atomic E-state index is 0.0324. The van der Waals surface area contributed by atoms with Crippen LogP contribution in [0.2, 0.25) is 0 Å². The largest absolute Gasteiger partial charge is 0.400 e. The summed E-state index contributed by atoms with van der Waals surface area (Å²) in [4.78, 5) is 12.9. The van der Waals surface area contributed by atoms with Crippen LogP contribution in [0, 0.1) is 21.4 Å². The fourth-order valence-electron chi connectivity index (χ4n) is 0.680. The number of nitriles is 1. The van der Waals surface area contributed by atoms with Gasteiger partial charge in [-0.05, 0) is 9.91 Å². The molecule has 0 aromatic carbocycles. The minimum atomic E-state index is -0.682. The molecule has 0 N–H and O–H groups in total. The lowest BCUT2D eigenvalue weighted by Gasteiger charge is -1.88. The summed E-state index contributed by atoms with van der Waals surface area (Å²) in [6.07, 6.45) is 1.23. The summed E-state index contributed by atoms with van der Waals surface area (Å²) >= 11 is 0. The van der Waals surface area contributed by atoms with Gasteiger partial charge in [-0.2, -0.15) is 5.26 Å². The highest BCUT2D eigenvalue weighted by Gasteiger charge is 2.18. The van der Waals surface area contributed by atoms with E-state index in [0.29, 0.717) is 0 Å². The topological polar surface area (TPSA) is 84.8 Å². The summed E-state index contributed by atoms with van der Waals surface area (Å²) in [5.41, 5.74) is -0.0324. The van der Waals surface area contributed by atoms with Crippen molar-refractivity contribution in [1.82, 2.24) is 9.55 Å². The molecule has 0 radical (unpaired) electrons. The number of aromatic nitrogens is 2. The molecule has 0 saturated carbocycles. The van der Waals surface area contributed by atoms with E-state index in [1.807, 2.05) is 0 Å². The highest BCUT2D eigenvalue weighted by molar-refractivity contribution is 5.37. The molecule has 0 saturated heterocycles. The summed E-state index contributed by atoms with van der Waals surface area (Å²) < 4.78 is 1.30. The first-order chi connectivity index (χ1) is 5.16. The van der Waals surface area contributed by atoms with Crippen LogP contribution in [0.3, 0.4) is 0 Å². The van der Waals surface area contributed by atoms with Crippen molar-refractivity contribution >= 4 is 5.82 Å². The molecule has 1 heterocycles. The molecule has 0 aliphatic heterocycles. The van der Waals surface area contributed by atoms with Crippen LogP contribution in [-0.2, 0) is 7.05 Å². The number of nitro groups is 1. The van der Waals surface area contributed by atoms with Gasteiger partial charge in [-0.3, -0.25) is 4.57 Å². The van der Waals surface area contributed by atoms with E-state index in [1.165, 1.54) is 17.9 Å². The van der Waals surface area contributed by atoms with Gasteiger partial charge in [-0.15, -0.1) is 0 Å². The van der Waals surface area contributed by atoms with Gasteiger partial charge in [-0.25, -0.2) is 0 Å². The monoisotopic (exact) mass is 152 g/mol. The van der Waals surface area contributed by atoms with E-state index < -0.39 is 10.7 Å². The number of nitrogens with zero attached hydrogens (tertiary/aromatic N) is 4. The van der Waals surface area contributed by atoms with Crippen LogP contribution in [0.25, 0.3) is 0 Å². The molecule has 0 aliphatic rings. The van der Waals surface area contributed by atoms with Crippen molar-refractivity contribution in [2.75, 3.05) is 0 Å². The van der Waals surface area contributed by atoms with Crippen molar-refractivity contribution in [3.63, 3.8) is 0 Å². The molecule has 1 rings (SSSR count). The van der Waals surface area contributed by atoms with Gasteiger partial charge in [0.1, 0.15) is 6.07 Å². The number of hydrogen-bond acceptors (Lipinski definition) is 4. The molecule has 0 spiro atoms. The van der Waals surface area contributed by atoms with E-state index in [0.717, 1.165) is 0 Å². The van der Waals surface area contributed by atoms with Gasteiger partial charge < -0.3 is 10.1 Å². The third kappa shape index (κ3) is 1.03. The van der Waals surface area contributed by atoms with Crippen LogP contribution >= 0.6 is 0 Å². The average Bonchev–Trinajstić information content (AvgIpc) is 2.30. The zero-order chi connectivity index (χ0) is 8.43. The maximum absolute atomic E-state index is 10.2. The second kappa shape index (κ2) is 2.38. The van der Waals surface area contributed by atoms with Gasteiger partial charge in [0, 0.05) is 7.05 Å². The smallest absolute Gasteiger partial charge is 0.358 e. The molecular formula is C5H4N4O2. The number of aryl methyl sites for hydroxylation is 1. The van der Waals surface area contributed by atoms with E-state index in [1.54, 1.807) is 6.07 Å². The standard InChI is InChI=1S/C5H4N4O2/c1-8-3-7-5(9(10)11)4(8)2-6/h3H,1H3. The van der Waals surface area contributed by atoms with Crippen LogP contribution in [-0.4, -0.2) is 14.5 Å². The molecule has 0 fully saturated rings. The van der Waals surface area contributed by atoms with Crippen molar-refractivity contribution < 1.29 is 4.92 Å². The quantitative estimate of drug-likeness (QED) is 0.425. The predicted molar refractivity (Wildman–Crippen MR) is 34.6 cm³/mol. The Morgan fingerprint density at radius 2 is 2.55 bits per heavy atom. The lowest BCUT2D eigenvalue weighted by atomic mass is 10.5. The normalized spacial score (nSPS) is 9.09. The second-order valence-electron chi connectivity index (χ2n) is 1.90. The van der Waals surface area contributed by atoms with E-state index in [2.05, 4.69) is 4.98 Å². The van der Waals surface area contributed by atoms with Crippen LogP contribution in [0.5, 0.6) is 0 Å². The summed E-state index contributed by atoms with van der Waals surface area (Å²) in [5, 5.41) is 18.6. The Labute approximate surface area is 61.8 Å². The maximum atomic E-state index is 10.2. The SMILES string of the molecule is Cn1cnc([N+](=O)[O-])c1C#N.